The van der Waals surface area contributed by atoms with Crippen LogP contribution in [0.2, 0.25) is 0 Å². The Hall–Kier alpha value is -3.41. The molecule has 0 aliphatic rings. The molecular formula is C21H16FN5. The van der Waals surface area contributed by atoms with Crippen molar-refractivity contribution in [3.8, 4) is 0 Å². The molecule has 4 aromatic heterocycles. The number of hydrogen-bond acceptors (Lipinski definition) is 4. The van der Waals surface area contributed by atoms with Gasteiger partial charge in [0.05, 0.1) is 11.2 Å². The lowest BCUT2D eigenvalue weighted by molar-refractivity contribution is 0.635. The maximum absolute atomic E-state index is 14.0. The van der Waals surface area contributed by atoms with E-state index in [9.17, 15) is 4.39 Å². The molecular weight excluding hydrogens is 341 g/mol. The summed E-state index contributed by atoms with van der Waals surface area (Å²) in [7, 11) is 0. The maximum atomic E-state index is 14.0. The Labute approximate surface area is 154 Å². The van der Waals surface area contributed by atoms with Crippen LogP contribution >= 0.6 is 0 Å². The molecule has 0 unspecified atom stereocenters. The van der Waals surface area contributed by atoms with E-state index < -0.39 is 0 Å². The molecule has 0 radical (unpaired) electrons. The lowest BCUT2D eigenvalue weighted by Crippen LogP contribution is -2.00. The van der Waals surface area contributed by atoms with Gasteiger partial charge in [-0.2, -0.15) is 0 Å². The number of hydrogen-bond donors (Lipinski definition) is 0. The summed E-state index contributed by atoms with van der Waals surface area (Å²) in [5, 5.41) is 1.74. The van der Waals surface area contributed by atoms with Gasteiger partial charge in [-0.1, -0.05) is 12.1 Å². The van der Waals surface area contributed by atoms with Gasteiger partial charge in [0.1, 0.15) is 22.8 Å². The zero-order chi connectivity index (χ0) is 18.4. The molecule has 0 N–H and O–H groups in total. The fourth-order valence-corrected chi connectivity index (χ4v) is 3.46. The molecule has 0 aliphatic carbocycles. The summed E-state index contributed by atoms with van der Waals surface area (Å²) < 4.78 is 16.1. The molecule has 5 rings (SSSR count). The Morgan fingerprint density at radius 2 is 1.93 bits per heavy atom. The SMILES string of the molecule is Cc1c(CCc2ncc3cccc(F)c3n2)nc2c3cccnc3ccn12. The minimum absolute atomic E-state index is 0.320. The van der Waals surface area contributed by atoms with Crippen LogP contribution < -0.4 is 0 Å². The van der Waals surface area contributed by atoms with Crippen molar-refractivity contribution < 1.29 is 4.39 Å². The molecule has 27 heavy (non-hydrogen) atoms. The highest BCUT2D eigenvalue weighted by Crippen LogP contribution is 2.21. The molecule has 5 nitrogen and oxygen atoms in total. The van der Waals surface area contributed by atoms with Crippen LogP contribution in [0.15, 0.2) is 55.0 Å². The smallest absolute Gasteiger partial charge is 0.149 e. The normalized spacial score (nSPS) is 11.6. The van der Waals surface area contributed by atoms with Crippen LogP contribution in [-0.4, -0.2) is 24.3 Å². The standard InChI is InChI=1S/C21H16FN5/c1-13-17(25-21-15-5-3-10-23-18(15)9-11-27(13)21)7-8-19-24-12-14-4-2-6-16(22)20(14)26-19/h2-6,9-12H,7-8H2,1H3. The summed E-state index contributed by atoms with van der Waals surface area (Å²) in [5.74, 6) is 0.301. The van der Waals surface area contributed by atoms with Crippen molar-refractivity contribution >= 4 is 27.5 Å². The molecule has 0 saturated heterocycles. The highest BCUT2D eigenvalue weighted by Gasteiger charge is 2.12. The molecule has 0 saturated carbocycles. The highest BCUT2D eigenvalue weighted by atomic mass is 19.1. The third-order valence-corrected chi connectivity index (χ3v) is 4.91. The van der Waals surface area contributed by atoms with Gasteiger partial charge in [0.15, 0.2) is 0 Å². The van der Waals surface area contributed by atoms with E-state index in [2.05, 4.69) is 26.3 Å². The first kappa shape index (κ1) is 15.8. The van der Waals surface area contributed by atoms with E-state index in [1.165, 1.54) is 6.07 Å². The lowest BCUT2D eigenvalue weighted by atomic mass is 10.2. The molecule has 132 valence electrons. The van der Waals surface area contributed by atoms with Crippen LogP contribution in [0.25, 0.3) is 27.5 Å². The number of aryl methyl sites for hydroxylation is 3. The van der Waals surface area contributed by atoms with E-state index in [1.54, 1.807) is 18.5 Å². The zero-order valence-electron chi connectivity index (χ0n) is 14.7. The number of fused-ring (bicyclic) bond motifs is 4. The van der Waals surface area contributed by atoms with Crippen molar-refractivity contribution in [2.24, 2.45) is 0 Å². The van der Waals surface area contributed by atoms with Gasteiger partial charge in [0.25, 0.3) is 0 Å². The van der Waals surface area contributed by atoms with Crippen molar-refractivity contribution in [1.29, 1.82) is 0 Å². The largest absolute Gasteiger partial charge is 0.303 e. The van der Waals surface area contributed by atoms with Gasteiger partial charge >= 0.3 is 0 Å². The second kappa shape index (κ2) is 6.09. The van der Waals surface area contributed by atoms with E-state index in [0.29, 0.717) is 29.6 Å². The van der Waals surface area contributed by atoms with Crippen LogP contribution in [0.1, 0.15) is 17.2 Å². The van der Waals surface area contributed by atoms with Gasteiger partial charge in [-0.25, -0.2) is 19.3 Å². The quantitative estimate of drug-likeness (QED) is 0.489. The average molecular weight is 357 g/mol. The number of benzene rings is 1. The van der Waals surface area contributed by atoms with Crippen LogP contribution in [0.3, 0.4) is 0 Å². The summed E-state index contributed by atoms with van der Waals surface area (Å²) >= 11 is 0. The topological polar surface area (TPSA) is 56.0 Å². The molecule has 4 heterocycles. The van der Waals surface area contributed by atoms with E-state index >= 15 is 0 Å². The molecule has 0 spiro atoms. The van der Waals surface area contributed by atoms with Crippen LogP contribution in [0, 0.1) is 12.7 Å². The first-order valence-corrected chi connectivity index (χ1v) is 8.82. The van der Waals surface area contributed by atoms with Crippen molar-refractivity contribution in [2.45, 2.75) is 19.8 Å². The molecule has 0 bridgehead atoms. The second-order valence-corrected chi connectivity index (χ2v) is 6.55. The molecule has 1 aromatic carbocycles. The van der Waals surface area contributed by atoms with Crippen molar-refractivity contribution in [2.75, 3.05) is 0 Å². The van der Waals surface area contributed by atoms with Crippen molar-refractivity contribution in [3.63, 3.8) is 0 Å². The Kier molecular flexibility index (Phi) is 3.57. The van der Waals surface area contributed by atoms with E-state index in [-0.39, 0.29) is 5.82 Å². The predicted molar refractivity (Wildman–Crippen MR) is 102 cm³/mol. The molecule has 0 aliphatic heterocycles. The lowest BCUT2D eigenvalue weighted by Gasteiger charge is -2.03. The molecule has 0 atom stereocenters. The minimum Gasteiger partial charge on any atom is -0.303 e. The Bertz CT molecular complexity index is 1310. The fourth-order valence-electron chi connectivity index (χ4n) is 3.46. The molecule has 6 heteroatoms. The van der Waals surface area contributed by atoms with E-state index in [4.69, 9.17) is 4.98 Å². The monoisotopic (exact) mass is 357 g/mol. The Balaban J connectivity index is 1.51. The first-order valence-electron chi connectivity index (χ1n) is 8.82. The number of halogens is 1. The minimum atomic E-state index is -0.320. The summed E-state index contributed by atoms with van der Waals surface area (Å²) in [6, 6.07) is 10.8. The zero-order valence-corrected chi connectivity index (χ0v) is 14.7. The molecule has 0 fully saturated rings. The number of aromatic nitrogens is 5. The summed E-state index contributed by atoms with van der Waals surface area (Å²) in [6.45, 7) is 2.05. The molecule has 5 aromatic rings. The van der Waals surface area contributed by atoms with E-state index in [0.717, 1.165) is 27.9 Å². The Morgan fingerprint density at radius 1 is 1.00 bits per heavy atom. The van der Waals surface area contributed by atoms with E-state index in [1.807, 2.05) is 30.5 Å². The van der Waals surface area contributed by atoms with Gasteiger partial charge in [0, 0.05) is 41.5 Å². The number of para-hydroxylation sites is 1. The van der Waals surface area contributed by atoms with Crippen molar-refractivity contribution in [3.05, 3.63) is 78.0 Å². The predicted octanol–water partition coefficient (Wildman–Crippen LogP) is 4.06. The van der Waals surface area contributed by atoms with Crippen LogP contribution in [0.5, 0.6) is 0 Å². The first-order chi connectivity index (χ1) is 13.2. The van der Waals surface area contributed by atoms with Gasteiger partial charge < -0.3 is 4.40 Å². The summed E-state index contributed by atoms with van der Waals surface area (Å²) in [5.41, 5.74) is 4.27. The van der Waals surface area contributed by atoms with Gasteiger partial charge in [-0.3, -0.25) is 4.98 Å². The molecule has 0 amide bonds. The number of pyridine rings is 2. The summed E-state index contributed by atoms with van der Waals surface area (Å²) in [6.07, 6.45) is 6.75. The third-order valence-electron chi connectivity index (χ3n) is 4.91. The van der Waals surface area contributed by atoms with Gasteiger partial charge in [0.2, 0.25) is 0 Å². The third kappa shape index (κ3) is 2.61. The average Bonchev–Trinajstić information content (AvgIpc) is 3.03. The Morgan fingerprint density at radius 3 is 2.85 bits per heavy atom. The summed E-state index contributed by atoms with van der Waals surface area (Å²) in [4.78, 5) is 18.0. The number of imidazole rings is 1. The van der Waals surface area contributed by atoms with Gasteiger partial charge in [-0.15, -0.1) is 0 Å². The number of nitrogens with zero attached hydrogens (tertiary/aromatic N) is 5. The van der Waals surface area contributed by atoms with Crippen LogP contribution in [0.4, 0.5) is 4.39 Å². The van der Waals surface area contributed by atoms with Gasteiger partial charge in [-0.05, 0) is 37.6 Å². The number of rotatable bonds is 3. The maximum Gasteiger partial charge on any atom is 0.149 e. The van der Waals surface area contributed by atoms with Crippen LogP contribution in [-0.2, 0) is 12.8 Å². The van der Waals surface area contributed by atoms with Crippen molar-refractivity contribution in [1.82, 2.24) is 24.3 Å². The highest BCUT2D eigenvalue weighted by molar-refractivity contribution is 5.91. The second-order valence-electron chi connectivity index (χ2n) is 6.55. The fraction of sp³-hybridized carbons (Fsp3) is 0.143.